The maximum atomic E-state index is 11.8. The molecule has 0 aromatic carbocycles. The molecule has 0 bridgehead atoms. The number of allylic oxidation sites excluding steroid dienone is 1. The van der Waals surface area contributed by atoms with Crippen LogP contribution < -0.4 is 0 Å². The average Bonchev–Trinajstić information content (AvgIpc) is 2.22. The van der Waals surface area contributed by atoms with Crippen LogP contribution in [0.15, 0.2) is 23.8 Å². The van der Waals surface area contributed by atoms with E-state index >= 15 is 0 Å². The van der Waals surface area contributed by atoms with E-state index in [0.717, 1.165) is 17.6 Å². The molecule has 1 rings (SSSR count). The van der Waals surface area contributed by atoms with Crippen molar-refractivity contribution in [3.63, 3.8) is 0 Å². The van der Waals surface area contributed by atoms with Crippen LogP contribution in [0.5, 0.6) is 0 Å². The first-order valence-electron chi connectivity index (χ1n) is 6.19. The van der Waals surface area contributed by atoms with Crippen molar-refractivity contribution in [1.82, 2.24) is 0 Å². The zero-order valence-corrected chi connectivity index (χ0v) is 11.6. The number of Topliss-reactive ketones (excluding diaryl/α,β-unsaturated/α-hetero) is 1. The summed E-state index contributed by atoms with van der Waals surface area (Å²) in [6.45, 7) is 13.4. The van der Waals surface area contributed by atoms with Crippen molar-refractivity contribution in [2.24, 2.45) is 11.3 Å². The van der Waals surface area contributed by atoms with Gasteiger partial charge in [0.05, 0.1) is 5.60 Å². The van der Waals surface area contributed by atoms with E-state index in [4.69, 9.17) is 0 Å². The molecule has 0 aliphatic heterocycles. The summed E-state index contributed by atoms with van der Waals surface area (Å²) in [5, 5.41) is 10.5. The van der Waals surface area contributed by atoms with Gasteiger partial charge in [-0.05, 0) is 44.6 Å². The fraction of sp³-hybridized carbons (Fsp3) is 0.667. The monoisotopic (exact) mass is 236 g/mol. The smallest absolute Gasteiger partial charge is 0.156 e. The molecule has 2 atom stereocenters. The van der Waals surface area contributed by atoms with Crippen LogP contribution in [-0.2, 0) is 4.79 Å². The Bertz CT molecular complexity index is 372. The molecule has 0 radical (unpaired) electrons. The summed E-state index contributed by atoms with van der Waals surface area (Å²) in [4.78, 5) is 11.8. The third kappa shape index (κ3) is 2.86. The molecule has 2 heteroatoms. The summed E-state index contributed by atoms with van der Waals surface area (Å²) in [5.41, 5.74) is 0.759. The number of aliphatic hydroxyl groups is 1. The van der Waals surface area contributed by atoms with Crippen LogP contribution in [0.25, 0.3) is 0 Å². The van der Waals surface area contributed by atoms with E-state index in [1.807, 2.05) is 19.9 Å². The molecular formula is C15H24O2. The van der Waals surface area contributed by atoms with Gasteiger partial charge in [-0.3, -0.25) is 4.79 Å². The Morgan fingerprint density at radius 2 is 1.88 bits per heavy atom. The maximum Gasteiger partial charge on any atom is 0.156 e. The third-order valence-electron chi connectivity index (χ3n) is 3.90. The first-order valence-corrected chi connectivity index (χ1v) is 6.19. The molecule has 2 unspecified atom stereocenters. The van der Waals surface area contributed by atoms with E-state index in [0.29, 0.717) is 6.42 Å². The van der Waals surface area contributed by atoms with Gasteiger partial charge >= 0.3 is 0 Å². The van der Waals surface area contributed by atoms with Gasteiger partial charge in [-0.15, -0.1) is 0 Å². The predicted molar refractivity (Wildman–Crippen MR) is 70.7 cm³/mol. The van der Waals surface area contributed by atoms with Crippen LogP contribution in [0, 0.1) is 11.3 Å². The highest BCUT2D eigenvalue weighted by Gasteiger charge is 2.39. The van der Waals surface area contributed by atoms with Crippen molar-refractivity contribution in [2.75, 3.05) is 0 Å². The average molecular weight is 236 g/mol. The first kappa shape index (κ1) is 14.2. The molecule has 1 N–H and O–H groups in total. The molecule has 0 heterocycles. The number of ketones is 1. The Morgan fingerprint density at radius 1 is 1.35 bits per heavy atom. The largest absolute Gasteiger partial charge is 0.389 e. The van der Waals surface area contributed by atoms with Gasteiger partial charge in [0.25, 0.3) is 0 Å². The first-order chi connectivity index (χ1) is 7.58. The van der Waals surface area contributed by atoms with E-state index in [1.165, 1.54) is 0 Å². The summed E-state index contributed by atoms with van der Waals surface area (Å²) >= 11 is 0. The molecule has 0 amide bonds. The molecule has 2 nitrogen and oxygen atoms in total. The second kappa shape index (κ2) is 4.41. The second-order valence-electron chi connectivity index (χ2n) is 6.20. The Morgan fingerprint density at radius 3 is 2.29 bits per heavy atom. The van der Waals surface area contributed by atoms with Crippen LogP contribution in [0.2, 0.25) is 0 Å². The lowest BCUT2D eigenvalue weighted by molar-refractivity contribution is -0.114. The minimum Gasteiger partial charge on any atom is -0.389 e. The summed E-state index contributed by atoms with van der Waals surface area (Å²) in [7, 11) is 0. The van der Waals surface area contributed by atoms with Crippen LogP contribution in [-0.4, -0.2) is 16.5 Å². The van der Waals surface area contributed by atoms with Crippen molar-refractivity contribution < 1.29 is 9.90 Å². The van der Waals surface area contributed by atoms with E-state index in [9.17, 15) is 9.90 Å². The molecule has 96 valence electrons. The van der Waals surface area contributed by atoms with Crippen LogP contribution in [0.3, 0.4) is 0 Å². The number of hydrogen-bond donors (Lipinski definition) is 1. The molecular weight excluding hydrogens is 212 g/mol. The molecule has 1 aliphatic rings. The van der Waals surface area contributed by atoms with Gasteiger partial charge in [0.1, 0.15) is 0 Å². The highest BCUT2D eigenvalue weighted by molar-refractivity contribution is 5.94. The summed E-state index contributed by atoms with van der Waals surface area (Å²) < 4.78 is 0. The Balaban J connectivity index is 3.31. The normalized spacial score (nSPS) is 32.6. The van der Waals surface area contributed by atoms with Crippen molar-refractivity contribution in [1.29, 1.82) is 0 Å². The molecule has 0 spiro atoms. The number of hydrogen-bond acceptors (Lipinski definition) is 2. The van der Waals surface area contributed by atoms with E-state index in [1.54, 1.807) is 6.92 Å². The maximum absolute atomic E-state index is 11.8. The van der Waals surface area contributed by atoms with E-state index in [2.05, 4.69) is 20.4 Å². The quantitative estimate of drug-likeness (QED) is 0.747. The summed E-state index contributed by atoms with van der Waals surface area (Å²) in [5.74, 6) is -0.0397. The van der Waals surface area contributed by atoms with Gasteiger partial charge in [-0.25, -0.2) is 0 Å². The number of carbonyl (C=O) groups excluding carboxylic acids is 1. The molecule has 0 aromatic rings. The minimum atomic E-state index is -0.805. The van der Waals surface area contributed by atoms with E-state index < -0.39 is 5.60 Å². The summed E-state index contributed by atoms with van der Waals surface area (Å²) in [6, 6.07) is 0. The van der Waals surface area contributed by atoms with Crippen molar-refractivity contribution in [3.8, 4) is 0 Å². The van der Waals surface area contributed by atoms with Gasteiger partial charge in [0.15, 0.2) is 5.78 Å². The van der Waals surface area contributed by atoms with Gasteiger partial charge < -0.3 is 5.11 Å². The third-order valence-corrected chi connectivity index (χ3v) is 3.90. The number of carbonyl (C=O) groups is 1. The fourth-order valence-electron chi connectivity index (χ4n) is 2.69. The highest BCUT2D eigenvalue weighted by atomic mass is 16.3. The lowest BCUT2D eigenvalue weighted by atomic mass is 9.78. The van der Waals surface area contributed by atoms with Gasteiger partial charge in [-0.2, -0.15) is 0 Å². The fourth-order valence-corrected chi connectivity index (χ4v) is 2.69. The predicted octanol–water partition coefficient (Wildman–Crippen LogP) is 3.27. The minimum absolute atomic E-state index is 0.0963. The Hall–Kier alpha value is -0.890. The lowest BCUT2D eigenvalue weighted by Crippen LogP contribution is -2.33. The lowest BCUT2D eigenvalue weighted by Gasteiger charge is -2.30. The van der Waals surface area contributed by atoms with Crippen LogP contribution >= 0.6 is 0 Å². The second-order valence-corrected chi connectivity index (χ2v) is 6.20. The highest BCUT2D eigenvalue weighted by Crippen LogP contribution is 2.43. The van der Waals surface area contributed by atoms with Crippen molar-refractivity contribution in [3.05, 3.63) is 23.8 Å². The van der Waals surface area contributed by atoms with E-state index in [-0.39, 0.29) is 17.1 Å². The molecule has 1 aliphatic carbocycles. The molecule has 17 heavy (non-hydrogen) atoms. The standard InChI is InChI=1S/C15H24O2/c1-10(2)12-9-13(11(3)16)14(4,5)7-8-15(12,6)17/h9,12,17H,1,7-8H2,2-6H3. The summed E-state index contributed by atoms with van der Waals surface area (Å²) in [6.07, 6.45) is 3.43. The SMILES string of the molecule is C=C(C)C1C=C(C(C)=O)C(C)(C)CCC1(C)O. The zero-order chi connectivity index (χ0) is 13.4. The molecule has 0 saturated carbocycles. The van der Waals surface area contributed by atoms with Gasteiger partial charge in [0, 0.05) is 5.92 Å². The zero-order valence-electron chi connectivity index (χ0n) is 11.6. The van der Waals surface area contributed by atoms with Gasteiger partial charge in [0.2, 0.25) is 0 Å². The molecule has 0 fully saturated rings. The molecule has 0 saturated heterocycles. The van der Waals surface area contributed by atoms with Crippen LogP contribution in [0.4, 0.5) is 0 Å². The van der Waals surface area contributed by atoms with Gasteiger partial charge in [-0.1, -0.05) is 32.1 Å². The Kier molecular flexibility index (Phi) is 3.68. The van der Waals surface area contributed by atoms with Crippen molar-refractivity contribution in [2.45, 2.75) is 53.1 Å². The topological polar surface area (TPSA) is 37.3 Å². The van der Waals surface area contributed by atoms with Crippen LogP contribution in [0.1, 0.15) is 47.5 Å². The van der Waals surface area contributed by atoms with Crippen molar-refractivity contribution >= 4 is 5.78 Å². The molecule has 0 aromatic heterocycles. The Labute approximate surface area is 104 Å². The number of rotatable bonds is 2.